The molecule has 0 unspecified atom stereocenters. The molecule has 0 aromatic heterocycles. The molecule has 2 aromatic carbocycles. The number of carbonyl (C=O) groups excluding carboxylic acids is 5. The zero-order valence-corrected chi connectivity index (χ0v) is 59.5. The lowest BCUT2D eigenvalue weighted by molar-refractivity contribution is -0.153. The number of halogens is 2. The molecule has 0 bridgehead atoms. The summed E-state index contributed by atoms with van der Waals surface area (Å²) in [6.07, 6.45) is 6.90. The van der Waals surface area contributed by atoms with E-state index < -0.39 is 115 Å². The first-order chi connectivity index (χ1) is 45.5. The molecule has 20 radical (unpaired) electrons. The van der Waals surface area contributed by atoms with Gasteiger partial charge in [-0.1, -0.05) is 114 Å². The molecule has 6 atom stereocenters. The van der Waals surface area contributed by atoms with Gasteiger partial charge in [0, 0.05) is 178 Å². The molecular formula is C59H82B18Cl2N6O12. The molecule has 4 heterocycles. The summed E-state index contributed by atoms with van der Waals surface area (Å²) in [6, 6.07) is 7.18. The van der Waals surface area contributed by atoms with Gasteiger partial charge >= 0.3 is 11.9 Å². The van der Waals surface area contributed by atoms with Crippen molar-refractivity contribution in [3.05, 3.63) is 57.6 Å². The maximum Gasteiger partial charge on any atom is 0.328 e. The number of benzene rings is 2. The van der Waals surface area contributed by atoms with Crippen LogP contribution in [0.4, 0.5) is 0 Å². The first-order valence-electron chi connectivity index (χ1n) is 33.9. The average molecular weight is 1330 g/mol. The molecule has 4 amide bonds. The quantitative estimate of drug-likeness (QED) is 0.108. The largest absolute Gasteiger partial charge is 0.492 e. The summed E-state index contributed by atoms with van der Waals surface area (Å²) in [4.78, 5) is 93.9. The Labute approximate surface area is 602 Å². The van der Waals surface area contributed by atoms with Crippen molar-refractivity contribution in [2.24, 2.45) is 33.0 Å². The summed E-state index contributed by atoms with van der Waals surface area (Å²) in [5.41, 5.74) is -0.200. The first kappa shape index (κ1) is 81.5. The number of ether oxygens (including phenoxy) is 3. The highest BCUT2D eigenvalue weighted by molar-refractivity contribution is 8.17. The highest BCUT2D eigenvalue weighted by atomic mass is 35.5. The van der Waals surface area contributed by atoms with Crippen LogP contribution in [0, 0.1) is 22.7 Å². The Morgan fingerprint density at radius 1 is 0.588 bits per heavy atom. The summed E-state index contributed by atoms with van der Waals surface area (Å²) in [7, 11) is 58.0. The number of methoxy groups -OCH3 is 1. The van der Waals surface area contributed by atoms with E-state index in [0.29, 0.717) is 83.7 Å². The number of oxime groups is 2. The van der Waals surface area contributed by atoms with Gasteiger partial charge in [-0.25, -0.2) is 9.59 Å². The van der Waals surface area contributed by atoms with Crippen LogP contribution in [0.25, 0.3) is 0 Å². The topological polar surface area (TPSA) is 224 Å². The van der Waals surface area contributed by atoms with Crippen molar-refractivity contribution in [1.29, 1.82) is 0 Å². The lowest BCUT2D eigenvalue weighted by atomic mass is 8.41. The number of rotatable bonds is 23. The molecule has 4 fully saturated rings. The molecule has 2 saturated carbocycles. The van der Waals surface area contributed by atoms with Crippen molar-refractivity contribution in [2.75, 3.05) is 33.4 Å². The van der Waals surface area contributed by atoms with Crippen LogP contribution in [-0.2, 0) is 43.2 Å². The number of hydrogen-bond donors (Lipinski definition) is 3. The summed E-state index contributed by atoms with van der Waals surface area (Å²) in [6.45, 7) is 16.3. The van der Waals surface area contributed by atoms with Crippen LogP contribution in [0.15, 0.2) is 46.7 Å². The SMILES string of the molecule is CCOc1ccc(C2=NO[C@]3(C2)C[C@@H](C(=O)O)N(C(=O)[C@@H](NC(=O)CC2CCCCC2)C(C)(C)C)C3)cc1Cl.CCOc1ccc(C2=NO[C@]3(C2)C[C@@H](C(=O)OC)N(C(=O)[C@@H](NC(=O)CC2CCCCC2)C(C)(C)C)C3)cc1Cl.[B]B([B])B(B([B])[B])B(B([B])[B])B(B([B])[B])B([B])[B]. The Hall–Kier alpha value is -4.45. The van der Waals surface area contributed by atoms with E-state index in [-0.39, 0.29) is 43.7 Å². The summed E-state index contributed by atoms with van der Waals surface area (Å²) >= 11 is 12.8. The minimum absolute atomic E-state index is 0.0611. The van der Waals surface area contributed by atoms with Crippen molar-refractivity contribution in [1.82, 2.24) is 20.4 Å². The minimum atomic E-state index is -1.11. The second-order valence-electron chi connectivity index (χ2n) is 29.1. The fraction of sp³-hybridized carbons (Fsp3) is 0.661. The molecule has 38 heteroatoms. The Kier molecular flexibility index (Phi) is 30.2. The Morgan fingerprint density at radius 2 is 0.938 bits per heavy atom. The Morgan fingerprint density at radius 3 is 1.25 bits per heavy atom. The van der Waals surface area contributed by atoms with E-state index in [1.54, 1.807) is 24.3 Å². The molecule has 2 spiro atoms. The van der Waals surface area contributed by atoms with Gasteiger partial charge in [-0.2, -0.15) is 0 Å². The fourth-order valence-corrected chi connectivity index (χ4v) is 14.7. The van der Waals surface area contributed by atoms with Crippen LogP contribution in [0.1, 0.15) is 169 Å². The number of hydrogen-bond acceptors (Lipinski definition) is 13. The zero-order valence-electron chi connectivity index (χ0n) is 57.9. The van der Waals surface area contributed by atoms with Gasteiger partial charge in [-0.15, -0.1) is 0 Å². The van der Waals surface area contributed by atoms with Crippen molar-refractivity contribution >= 4 is 199 Å². The number of likely N-dealkylation sites (tertiary alicyclic amines) is 2. The highest BCUT2D eigenvalue weighted by Gasteiger charge is 2.58. The molecular weight excluding hydrogens is 1250 g/mol. The van der Waals surface area contributed by atoms with Gasteiger partial charge in [0.1, 0.15) is 35.7 Å². The van der Waals surface area contributed by atoms with Crippen LogP contribution in [-0.4, -0.2) is 259 Å². The maximum atomic E-state index is 14.1. The van der Waals surface area contributed by atoms with Crippen molar-refractivity contribution in [3.8, 4) is 11.5 Å². The number of nitrogens with zero attached hydrogens (tertiary/aromatic N) is 4. The third-order valence-electron chi connectivity index (χ3n) is 19.3. The third-order valence-corrected chi connectivity index (χ3v) is 19.9. The van der Waals surface area contributed by atoms with E-state index in [9.17, 15) is 33.9 Å². The summed E-state index contributed by atoms with van der Waals surface area (Å²) < 4.78 is 16.1. The summed E-state index contributed by atoms with van der Waals surface area (Å²) in [5.74, 6) is -0.817. The lowest BCUT2D eigenvalue weighted by Gasteiger charge is -2.40. The second kappa shape index (κ2) is 35.9. The molecule has 488 valence electrons. The number of carboxylic acids is 1. The van der Waals surface area contributed by atoms with Crippen LogP contribution >= 0.6 is 23.2 Å². The van der Waals surface area contributed by atoms with E-state index in [1.807, 2.05) is 67.5 Å². The van der Waals surface area contributed by atoms with Crippen LogP contribution in [0.3, 0.4) is 0 Å². The molecule has 6 aliphatic rings. The molecule has 2 saturated heterocycles. The van der Waals surface area contributed by atoms with E-state index >= 15 is 0 Å². The number of carboxylic acid groups (broad SMARTS) is 1. The number of nitrogens with one attached hydrogen (secondary N) is 2. The lowest BCUT2D eigenvalue weighted by Crippen LogP contribution is -2.78. The number of carbonyl (C=O) groups is 6. The van der Waals surface area contributed by atoms with E-state index in [4.69, 9.17) is 124 Å². The van der Waals surface area contributed by atoms with Crippen LogP contribution in [0.5, 0.6) is 11.5 Å². The van der Waals surface area contributed by atoms with Gasteiger partial charge in [-0.3, -0.25) is 19.2 Å². The van der Waals surface area contributed by atoms with Crippen molar-refractivity contribution in [2.45, 2.75) is 193 Å². The second-order valence-corrected chi connectivity index (χ2v) is 30.0. The first-order valence-corrected chi connectivity index (χ1v) is 34.7. The normalized spacial score (nSPS) is 21.3. The van der Waals surface area contributed by atoms with E-state index in [2.05, 4.69) is 20.9 Å². The Bertz CT molecular complexity index is 3080. The van der Waals surface area contributed by atoms with Gasteiger partial charge in [0.25, 0.3) is 0 Å². The van der Waals surface area contributed by atoms with Crippen LogP contribution in [0.2, 0.25) is 10.0 Å². The Balaban J connectivity index is 0.000000247. The van der Waals surface area contributed by atoms with E-state index in [1.165, 1.54) is 29.8 Å². The number of esters is 1. The van der Waals surface area contributed by atoms with Gasteiger partial charge < -0.3 is 49.4 Å². The molecule has 2 aliphatic carbocycles. The predicted octanol–water partition coefficient (Wildman–Crippen LogP) is 2.81. The number of amides is 4. The standard InChI is InChI=1S/C30H42ClN3O6.C29H40ClN3O6.B18/c1-6-39-24-13-12-20(15-21(24)31)22-16-30(40-33-22)17-23(28(37)38-5)34(18-30)27(36)26(29(2,3)4)32-25(35)14-19-10-8-7-9-11-19;1-5-38-23-12-11-19(14-20(23)30)21-15-29(39-32-21)16-22(27(36)37)33(17-29)26(35)25(28(2,3)4)31-24(34)13-18-9-7-6-8-10-18;1-11(2)16(12(3)4)18(15(9)10)17(13(5)6)14(7)8/h12-13,15,19,23,26H,6-11,14,16-18H2,1-5H3,(H,32,35);11-12,14,18,22,25H,5-10,13,15-17H2,1-4H3,(H,31,34)(H,36,37);/t23-,26+,30+;22-,25+,29+;/m00./s1. The minimum Gasteiger partial charge on any atom is -0.492 e. The third kappa shape index (κ3) is 21.8. The maximum absolute atomic E-state index is 14.1. The summed E-state index contributed by atoms with van der Waals surface area (Å²) in [5, 5.41) is 25.5. The highest BCUT2D eigenvalue weighted by Crippen LogP contribution is 2.43. The van der Waals surface area contributed by atoms with Gasteiger partial charge in [0.05, 0.1) is 54.9 Å². The molecule has 18 nitrogen and oxygen atoms in total. The predicted molar refractivity (Wildman–Crippen MR) is 404 cm³/mol. The van der Waals surface area contributed by atoms with Crippen molar-refractivity contribution in [3.63, 3.8) is 0 Å². The fourth-order valence-electron chi connectivity index (χ4n) is 14.3. The molecule has 3 N–H and O–H groups in total. The zero-order chi connectivity index (χ0) is 72.1. The molecule has 2 aromatic rings. The van der Waals surface area contributed by atoms with Crippen LogP contribution < -0.4 is 20.1 Å². The van der Waals surface area contributed by atoms with Crippen molar-refractivity contribution < 1.29 is 57.8 Å². The smallest absolute Gasteiger partial charge is 0.328 e. The molecule has 97 heavy (non-hydrogen) atoms. The van der Waals surface area contributed by atoms with E-state index in [0.717, 1.165) is 62.5 Å². The molecule has 8 rings (SSSR count). The molecule has 4 aliphatic heterocycles. The monoisotopic (exact) mass is 1330 g/mol. The van der Waals surface area contributed by atoms with Gasteiger partial charge in [-0.05, 0) is 98.6 Å². The van der Waals surface area contributed by atoms with Gasteiger partial charge in [0.2, 0.25) is 23.6 Å². The average Bonchev–Trinajstić information content (AvgIpc) is 1.61. The van der Waals surface area contributed by atoms with Gasteiger partial charge in [0.15, 0.2) is 11.2 Å². The number of aliphatic carboxylic acids is 1.